The lowest BCUT2D eigenvalue weighted by atomic mass is 10.0. The number of thioether (sulfide) groups is 1. The van der Waals surface area contributed by atoms with Crippen molar-refractivity contribution in [2.45, 2.75) is 33.2 Å². The molecule has 1 atom stereocenters. The van der Waals surface area contributed by atoms with Crippen molar-refractivity contribution >= 4 is 34.6 Å². The van der Waals surface area contributed by atoms with Gasteiger partial charge in [0.25, 0.3) is 5.91 Å². The molecule has 1 aromatic carbocycles. The van der Waals surface area contributed by atoms with Crippen LogP contribution in [0.3, 0.4) is 0 Å². The maximum atomic E-state index is 12.0. The van der Waals surface area contributed by atoms with E-state index in [9.17, 15) is 14.4 Å². The zero-order chi connectivity index (χ0) is 20.1. The molecule has 0 saturated heterocycles. The molecule has 8 heteroatoms. The van der Waals surface area contributed by atoms with E-state index in [1.807, 2.05) is 13.2 Å². The Morgan fingerprint density at radius 2 is 1.93 bits per heavy atom. The monoisotopic (exact) mass is 393 g/mol. The van der Waals surface area contributed by atoms with E-state index in [0.29, 0.717) is 34.6 Å². The summed E-state index contributed by atoms with van der Waals surface area (Å²) in [7, 11) is 0. The third kappa shape index (κ3) is 4.82. The first-order valence-electron chi connectivity index (χ1n) is 8.43. The van der Waals surface area contributed by atoms with Crippen molar-refractivity contribution in [2.24, 2.45) is 0 Å². The first-order valence-corrected chi connectivity index (χ1v) is 9.83. The molecule has 2 aromatic rings. The van der Waals surface area contributed by atoms with E-state index in [-0.39, 0.29) is 6.61 Å². The fraction of sp³-hybridized carbons (Fsp3) is 0.421. The Labute approximate surface area is 161 Å². The molecule has 0 fully saturated rings. The molecule has 1 amide bonds. The summed E-state index contributed by atoms with van der Waals surface area (Å²) in [6.07, 6.45) is 2.20. The lowest BCUT2D eigenvalue weighted by molar-refractivity contribution is -0.142. The summed E-state index contributed by atoms with van der Waals surface area (Å²) >= 11 is 1.51. The number of carbonyl (C=O) groups excluding carboxylic acids is 1. The molecule has 0 bridgehead atoms. The van der Waals surface area contributed by atoms with Crippen molar-refractivity contribution in [1.29, 1.82) is 0 Å². The van der Waals surface area contributed by atoms with Crippen LogP contribution < -0.4 is 15.7 Å². The first-order chi connectivity index (χ1) is 12.8. The summed E-state index contributed by atoms with van der Waals surface area (Å²) in [5.74, 6) is -0.573. The zero-order valence-electron chi connectivity index (χ0n) is 15.8. The Hall–Kier alpha value is -2.48. The van der Waals surface area contributed by atoms with Crippen molar-refractivity contribution in [1.82, 2.24) is 5.32 Å². The number of nitrogens with one attached hydrogen (secondary N) is 1. The molecule has 0 saturated carbocycles. The molecule has 27 heavy (non-hydrogen) atoms. The molecule has 0 spiro atoms. The summed E-state index contributed by atoms with van der Waals surface area (Å²) in [5, 5.41) is 12.4. The molecule has 2 N–H and O–H groups in total. The number of aliphatic carboxylic acids is 1. The molecule has 146 valence electrons. The second-order valence-electron chi connectivity index (χ2n) is 6.23. The zero-order valence-corrected chi connectivity index (χ0v) is 16.6. The molecule has 1 heterocycles. The van der Waals surface area contributed by atoms with Gasteiger partial charge >= 0.3 is 11.6 Å². The standard InChI is InChI=1S/C19H23NO6S/c1-10-11(2)19(24)26-17-12(3)15(6-5-13(10)17)25-9-16(21)20-14(18(22)23)7-8-27-4/h5-6,14H,7-9H2,1-4H3,(H,20,21)(H,22,23). The Balaban J connectivity index is 2.14. The highest BCUT2D eigenvalue weighted by molar-refractivity contribution is 7.98. The highest BCUT2D eigenvalue weighted by Gasteiger charge is 2.20. The number of amides is 1. The van der Waals surface area contributed by atoms with Gasteiger partial charge in [0.1, 0.15) is 17.4 Å². The maximum absolute atomic E-state index is 12.0. The van der Waals surface area contributed by atoms with Gasteiger partial charge in [-0.15, -0.1) is 0 Å². The maximum Gasteiger partial charge on any atom is 0.339 e. The Morgan fingerprint density at radius 1 is 1.22 bits per heavy atom. The molecular weight excluding hydrogens is 370 g/mol. The second kappa shape index (κ2) is 8.94. The van der Waals surface area contributed by atoms with E-state index in [1.165, 1.54) is 11.8 Å². The molecule has 2 rings (SSSR count). The fourth-order valence-electron chi connectivity index (χ4n) is 2.65. The van der Waals surface area contributed by atoms with Gasteiger partial charge in [0.15, 0.2) is 6.61 Å². The number of carboxylic acids is 1. The highest BCUT2D eigenvalue weighted by atomic mass is 32.2. The normalized spacial score (nSPS) is 12.0. The predicted octanol–water partition coefficient (Wildman–Crippen LogP) is 2.42. The molecule has 1 unspecified atom stereocenters. The number of aryl methyl sites for hydroxylation is 2. The van der Waals surface area contributed by atoms with Gasteiger partial charge in [0.2, 0.25) is 0 Å². The minimum Gasteiger partial charge on any atom is -0.483 e. The lowest BCUT2D eigenvalue weighted by Gasteiger charge is -2.15. The molecule has 0 aliphatic rings. The number of hydrogen-bond donors (Lipinski definition) is 2. The van der Waals surface area contributed by atoms with Gasteiger partial charge in [0, 0.05) is 16.5 Å². The minimum absolute atomic E-state index is 0.329. The van der Waals surface area contributed by atoms with Gasteiger partial charge in [-0.25, -0.2) is 9.59 Å². The number of fused-ring (bicyclic) bond motifs is 1. The van der Waals surface area contributed by atoms with Crippen LogP contribution in [0.5, 0.6) is 5.75 Å². The van der Waals surface area contributed by atoms with E-state index in [4.69, 9.17) is 14.3 Å². The SMILES string of the molecule is CSCCC(NC(=O)COc1ccc2c(C)c(C)c(=O)oc2c1C)C(=O)O. The van der Waals surface area contributed by atoms with Gasteiger partial charge in [-0.05, 0) is 56.9 Å². The third-order valence-electron chi connectivity index (χ3n) is 4.43. The van der Waals surface area contributed by atoms with Gasteiger partial charge in [0.05, 0.1) is 0 Å². The van der Waals surface area contributed by atoms with Crippen LogP contribution in [-0.4, -0.2) is 41.6 Å². The molecule has 1 aromatic heterocycles. The average molecular weight is 393 g/mol. The van der Waals surface area contributed by atoms with Crippen molar-refractivity contribution in [3.63, 3.8) is 0 Å². The summed E-state index contributed by atoms with van der Waals surface area (Å²) < 4.78 is 10.9. The van der Waals surface area contributed by atoms with Crippen LogP contribution in [0.15, 0.2) is 21.3 Å². The van der Waals surface area contributed by atoms with E-state index >= 15 is 0 Å². The summed E-state index contributed by atoms with van der Waals surface area (Å²) in [6.45, 7) is 4.97. The fourth-order valence-corrected chi connectivity index (χ4v) is 3.12. The first kappa shape index (κ1) is 20.8. The van der Waals surface area contributed by atoms with Crippen LogP contribution >= 0.6 is 11.8 Å². The van der Waals surface area contributed by atoms with Crippen LogP contribution in [-0.2, 0) is 9.59 Å². The van der Waals surface area contributed by atoms with Crippen LogP contribution in [0.25, 0.3) is 11.0 Å². The topological polar surface area (TPSA) is 106 Å². The van der Waals surface area contributed by atoms with Crippen molar-refractivity contribution in [2.75, 3.05) is 18.6 Å². The smallest absolute Gasteiger partial charge is 0.339 e. The van der Waals surface area contributed by atoms with Crippen LogP contribution in [0.4, 0.5) is 0 Å². The molecule has 7 nitrogen and oxygen atoms in total. The van der Waals surface area contributed by atoms with E-state index in [2.05, 4.69) is 5.32 Å². The quantitative estimate of drug-likeness (QED) is 0.664. The highest BCUT2D eigenvalue weighted by Crippen LogP contribution is 2.29. The van der Waals surface area contributed by atoms with Gasteiger partial charge in [-0.3, -0.25) is 4.79 Å². The van der Waals surface area contributed by atoms with Gasteiger partial charge in [-0.2, -0.15) is 11.8 Å². The summed E-state index contributed by atoms with van der Waals surface area (Å²) in [6, 6.07) is 2.54. The molecule has 0 aliphatic carbocycles. The van der Waals surface area contributed by atoms with Crippen LogP contribution in [0.2, 0.25) is 0 Å². The largest absolute Gasteiger partial charge is 0.483 e. The van der Waals surface area contributed by atoms with Crippen molar-refractivity contribution in [3.8, 4) is 5.75 Å². The predicted molar refractivity (Wildman–Crippen MR) is 105 cm³/mol. The number of carbonyl (C=O) groups is 2. The van der Waals surface area contributed by atoms with Crippen LogP contribution in [0, 0.1) is 20.8 Å². The molecule has 0 radical (unpaired) electrons. The number of benzene rings is 1. The molecule has 0 aliphatic heterocycles. The summed E-state index contributed by atoms with van der Waals surface area (Å²) in [5.41, 5.74) is 2.02. The number of carboxylic acid groups (broad SMARTS) is 1. The summed E-state index contributed by atoms with van der Waals surface area (Å²) in [4.78, 5) is 35.2. The Morgan fingerprint density at radius 3 is 2.56 bits per heavy atom. The lowest BCUT2D eigenvalue weighted by Crippen LogP contribution is -2.43. The van der Waals surface area contributed by atoms with E-state index < -0.39 is 23.5 Å². The van der Waals surface area contributed by atoms with E-state index in [0.717, 1.165) is 10.9 Å². The number of hydrogen-bond acceptors (Lipinski definition) is 6. The number of ether oxygens (including phenoxy) is 1. The minimum atomic E-state index is -1.08. The van der Waals surface area contributed by atoms with Gasteiger partial charge in [-0.1, -0.05) is 0 Å². The Kier molecular flexibility index (Phi) is 6.90. The van der Waals surface area contributed by atoms with Crippen molar-refractivity contribution < 1.29 is 23.8 Å². The second-order valence-corrected chi connectivity index (χ2v) is 7.22. The van der Waals surface area contributed by atoms with Crippen molar-refractivity contribution in [3.05, 3.63) is 39.2 Å². The van der Waals surface area contributed by atoms with Crippen LogP contribution in [0.1, 0.15) is 23.1 Å². The Bertz CT molecular complexity index is 921. The van der Waals surface area contributed by atoms with Gasteiger partial charge < -0.3 is 19.6 Å². The number of rotatable bonds is 8. The average Bonchev–Trinajstić information content (AvgIpc) is 2.63. The molecular formula is C19H23NO6S. The van der Waals surface area contributed by atoms with E-state index in [1.54, 1.807) is 26.0 Å². The third-order valence-corrected chi connectivity index (χ3v) is 5.07.